The first-order chi connectivity index (χ1) is 12.0. The smallest absolute Gasteiger partial charge is 0.319 e. The fourth-order valence-electron chi connectivity index (χ4n) is 1.83. The fraction of sp³-hybridized carbons (Fsp3) is 0.235. The first kappa shape index (κ1) is 18.7. The fourth-order valence-corrected chi connectivity index (χ4v) is 2.51. The van der Waals surface area contributed by atoms with Crippen LogP contribution in [0.2, 0.25) is 0 Å². The molecule has 0 aliphatic rings. The van der Waals surface area contributed by atoms with Crippen LogP contribution in [0.3, 0.4) is 0 Å². The van der Waals surface area contributed by atoms with Gasteiger partial charge in [-0.2, -0.15) is 0 Å². The molecule has 1 atom stereocenters. The summed E-state index contributed by atoms with van der Waals surface area (Å²) in [6, 6.07) is 8.64. The third-order valence-electron chi connectivity index (χ3n) is 3.17. The highest BCUT2D eigenvalue weighted by Gasteiger charge is 2.18. The van der Waals surface area contributed by atoms with Crippen LogP contribution in [0.4, 0.5) is 10.1 Å². The summed E-state index contributed by atoms with van der Waals surface area (Å²) in [4.78, 5) is 38.1. The summed E-state index contributed by atoms with van der Waals surface area (Å²) in [6.07, 6.45) is 1.60. The maximum absolute atomic E-state index is 12.8. The van der Waals surface area contributed by atoms with E-state index in [0.29, 0.717) is 11.4 Å². The summed E-state index contributed by atoms with van der Waals surface area (Å²) in [5, 5.41) is 1.99. The third-order valence-corrected chi connectivity index (χ3v) is 4.29. The van der Waals surface area contributed by atoms with Crippen molar-refractivity contribution in [3.05, 3.63) is 54.1 Å². The first-order valence-electron chi connectivity index (χ1n) is 7.46. The van der Waals surface area contributed by atoms with Gasteiger partial charge in [-0.3, -0.25) is 14.4 Å². The molecule has 1 aromatic heterocycles. The Morgan fingerprint density at radius 2 is 1.96 bits per heavy atom. The summed E-state index contributed by atoms with van der Waals surface area (Å²) in [5.74, 6) is -1.58. The quantitative estimate of drug-likeness (QED) is 0.555. The molecule has 0 bridgehead atoms. The van der Waals surface area contributed by atoms with E-state index in [1.54, 1.807) is 25.3 Å². The SMILES string of the molecule is C[C@@H](SCC(=O)Nc1ccc(F)cc1)C(=O)OCC(=O)c1ccc[nH]1. The van der Waals surface area contributed by atoms with Crippen LogP contribution in [0.15, 0.2) is 42.6 Å². The number of hydrogen-bond acceptors (Lipinski definition) is 5. The summed E-state index contributed by atoms with van der Waals surface area (Å²) in [6.45, 7) is 1.24. The number of Topliss-reactive ketones (excluding diaryl/α,β-unsaturated/α-hetero) is 1. The number of aromatic amines is 1. The van der Waals surface area contributed by atoms with Gasteiger partial charge in [0, 0.05) is 11.9 Å². The van der Waals surface area contributed by atoms with Gasteiger partial charge < -0.3 is 15.0 Å². The van der Waals surface area contributed by atoms with Crippen LogP contribution in [0.1, 0.15) is 17.4 Å². The number of amides is 1. The zero-order chi connectivity index (χ0) is 18.2. The molecule has 2 N–H and O–H groups in total. The zero-order valence-corrected chi connectivity index (χ0v) is 14.3. The standard InChI is InChI=1S/C17H17FN2O4S/c1-11(17(23)24-9-15(21)14-3-2-8-19-14)25-10-16(22)20-13-6-4-12(18)5-7-13/h2-8,11,19H,9-10H2,1H3,(H,20,22)/t11-/m1/s1. The lowest BCUT2D eigenvalue weighted by molar-refractivity contribution is -0.141. The van der Waals surface area contributed by atoms with Gasteiger partial charge in [-0.05, 0) is 43.3 Å². The monoisotopic (exact) mass is 364 g/mol. The number of hydrogen-bond donors (Lipinski definition) is 2. The molecule has 1 aromatic carbocycles. The highest BCUT2D eigenvalue weighted by atomic mass is 32.2. The van der Waals surface area contributed by atoms with Gasteiger partial charge in [-0.1, -0.05) is 0 Å². The highest BCUT2D eigenvalue weighted by Crippen LogP contribution is 2.14. The second kappa shape index (κ2) is 9.03. The molecule has 0 aliphatic carbocycles. The van der Waals surface area contributed by atoms with Gasteiger partial charge in [0.25, 0.3) is 0 Å². The molecule has 0 unspecified atom stereocenters. The number of nitrogens with one attached hydrogen (secondary N) is 2. The molecule has 25 heavy (non-hydrogen) atoms. The average Bonchev–Trinajstić information content (AvgIpc) is 3.14. The topological polar surface area (TPSA) is 88.3 Å². The first-order valence-corrected chi connectivity index (χ1v) is 8.51. The van der Waals surface area contributed by atoms with Crippen molar-refractivity contribution in [2.75, 3.05) is 17.7 Å². The van der Waals surface area contributed by atoms with Crippen molar-refractivity contribution >= 4 is 35.1 Å². The predicted octanol–water partition coefficient (Wildman–Crippen LogP) is 2.64. The number of carbonyl (C=O) groups is 3. The molecule has 8 heteroatoms. The summed E-state index contributed by atoms with van der Waals surface area (Å²) >= 11 is 1.08. The van der Waals surface area contributed by atoms with Gasteiger partial charge in [0.2, 0.25) is 11.7 Å². The molecule has 0 spiro atoms. The number of anilines is 1. The molecule has 2 aromatic rings. The molecule has 132 valence electrons. The van der Waals surface area contributed by atoms with Gasteiger partial charge in [-0.15, -0.1) is 11.8 Å². The van der Waals surface area contributed by atoms with Crippen LogP contribution in [0.25, 0.3) is 0 Å². The van der Waals surface area contributed by atoms with Crippen LogP contribution in [0, 0.1) is 5.82 Å². The second-order valence-corrected chi connectivity index (χ2v) is 6.45. The maximum atomic E-state index is 12.8. The molecule has 0 fully saturated rings. The van der Waals surface area contributed by atoms with Crippen molar-refractivity contribution in [3.63, 3.8) is 0 Å². The molecule has 0 radical (unpaired) electrons. The van der Waals surface area contributed by atoms with E-state index in [-0.39, 0.29) is 24.1 Å². The predicted molar refractivity (Wildman–Crippen MR) is 93.0 cm³/mol. The highest BCUT2D eigenvalue weighted by molar-refractivity contribution is 8.01. The Morgan fingerprint density at radius 3 is 2.60 bits per heavy atom. The Bertz CT molecular complexity index is 732. The minimum Gasteiger partial charge on any atom is -0.456 e. The van der Waals surface area contributed by atoms with E-state index in [9.17, 15) is 18.8 Å². The number of halogens is 1. The molecule has 0 saturated heterocycles. The second-order valence-electron chi connectivity index (χ2n) is 5.12. The summed E-state index contributed by atoms with van der Waals surface area (Å²) in [5.41, 5.74) is 0.838. The van der Waals surface area contributed by atoms with Gasteiger partial charge >= 0.3 is 5.97 Å². The Kier molecular flexibility index (Phi) is 6.76. The van der Waals surface area contributed by atoms with Gasteiger partial charge in [0.05, 0.1) is 11.4 Å². The number of ether oxygens (including phenoxy) is 1. The summed E-state index contributed by atoms with van der Waals surface area (Å²) < 4.78 is 17.7. The zero-order valence-electron chi connectivity index (χ0n) is 13.5. The molecular weight excluding hydrogens is 347 g/mol. The Balaban J connectivity index is 1.70. The van der Waals surface area contributed by atoms with E-state index in [1.807, 2.05) is 0 Å². The molecule has 2 rings (SSSR count). The number of thioether (sulfide) groups is 1. The van der Waals surface area contributed by atoms with Crippen molar-refractivity contribution < 1.29 is 23.5 Å². The number of rotatable bonds is 8. The Morgan fingerprint density at radius 1 is 1.24 bits per heavy atom. The molecular formula is C17H17FN2O4S. The van der Waals surface area contributed by atoms with E-state index in [1.165, 1.54) is 24.3 Å². The van der Waals surface area contributed by atoms with E-state index in [4.69, 9.17) is 4.74 Å². The van der Waals surface area contributed by atoms with E-state index in [2.05, 4.69) is 10.3 Å². The number of H-pyrrole nitrogens is 1. The minimum absolute atomic E-state index is 0.0260. The normalized spacial score (nSPS) is 11.6. The lowest BCUT2D eigenvalue weighted by Gasteiger charge is -2.11. The van der Waals surface area contributed by atoms with E-state index in [0.717, 1.165) is 11.8 Å². The lowest BCUT2D eigenvalue weighted by Crippen LogP contribution is -2.23. The van der Waals surface area contributed by atoms with Crippen LogP contribution in [-0.2, 0) is 14.3 Å². The van der Waals surface area contributed by atoms with Crippen LogP contribution in [0.5, 0.6) is 0 Å². The average molecular weight is 364 g/mol. The summed E-state index contributed by atoms with van der Waals surface area (Å²) in [7, 11) is 0. The van der Waals surface area contributed by atoms with Gasteiger partial charge in [-0.25, -0.2) is 4.39 Å². The van der Waals surface area contributed by atoms with Gasteiger partial charge in [0.1, 0.15) is 11.1 Å². The van der Waals surface area contributed by atoms with E-state index >= 15 is 0 Å². The maximum Gasteiger partial charge on any atom is 0.319 e. The lowest BCUT2D eigenvalue weighted by atomic mass is 10.3. The number of benzene rings is 1. The number of ketones is 1. The van der Waals surface area contributed by atoms with Crippen molar-refractivity contribution in [1.29, 1.82) is 0 Å². The van der Waals surface area contributed by atoms with Crippen LogP contribution < -0.4 is 5.32 Å². The van der Waals surface area contributed by atoms with Crippen LogP contribution >= 0.6 is 11.8 Å². The third kappa shape index (κ3) is 6.07. The number of aromatic nitrogens is 1. The van der Waals surface area contributed by atoms with Crippen molar-refractivity contribution in [1.82, 2.24) is 4.98 Å². The molecule has 1 amide bonds. The van der Waals surface area contributed by atoms with Crippen molar-refractivity contribution in [2.24, 2.45) is 0 Å². The molecule has 0 aliphatic heterocycles. The van der Waals surface area contributed by atoms with Gasteiger partial charge in [0.15, 0.2) is 6.61 Å². The van der Waals surface area contributed by atoms with Crippen LogP contribution in [-0.4, -0.2) is 40.3 Å². The Hall–Kier alpha value is -2.61. The van der Waals surface area contributed by atoms with E-state index < -0.39 is 17.0 Å². The molecule has 1 heterocycles. The largest absolute Gasteiger partial charge is 0.456 e. The molecule has 6 nitrogen and oxygen atoms in total. The van der Waals surface area contributed by atoms with Crippen molar-refractivity contribution in [3.8, 4) is 0 Å². The Labute approximate surface area is 148 Å². The molecule has 0 saturated carbocycles. The van der Waals surface area contributed by atoms with Crippen molar-refractivity contribution in [2.45, 2.75) is 12.2 Å². The number of esters is 1. The number of carbonyl (C=O) groups excluding carboxylic acids is 3. The minimum atomic E-state index is -0.601.